The van der Waals surface area contributed by atoms with Gasteiger partial charge in [0, 0.05) is 25.0 Å². The largest absolute Gasteiger partial charge is 0.452 e. The smallest absolute Gasteiger partial charge is 0.308 e. The Morgan fingerprint density at radius 3 is 2.56 bits per heavy atom. The van der Waals surface area contributed by atoms with E-state index in [1.807, 2.05) is 24.3 Å². The van der Waals surface area contributed by atoms with E-state index in [1.54, 1.807) is 17.9 Å². The monoisotopic (exact) mass is 462 g/mol. The molecule has 2 aromatic carbocycles. The van der Waals surface area contributed by atoms with Crippen molar-refractivity contribution in [1.82, 2.24) is 20.4 Å². The lowest BCUT2D eigenvalue weighted by Crippen LogP contribution is -2.44. The van der Waals surface area contributed by atoms with Gasteiger partial charge in [0.05, 0.1) is 11.9 Å². The molecule has 1 fully saturated rings. The lowest BCUT2D eigenvalue weighted by Gasteiger charge is -2.33. The number of carbonyl (C=O) groups is 3. The summed E-state index contributed by atoms with van der Waals surface area (Å²) in [5, 5.41) is 10.2. The Bertz CT molecular complexity index is 1140. The number of rotatable bonds is 8. The molecule has 8 nitrogen and oxygen atoms in total. The number of aromatic nitrogens is 2. The summed E-state index contributed by atoms with van der Waals surface area (Å²) >= 11 is 0. The average Bonchev–Trinajstić information content (AvgIpc) is 3.29. The molecule has 34 heavy (non-hydrogen) atoms. The van der Waals surface area contributed by atoms with E-state index in [9.17, 15) is 14.4 Å². The van der Waals surface area contributed by atoms with Crippen LogP contribution < -0.4 is 5.32 Å². The maximum Gasteiger partial charge on any atom is 0.308 e. The van der Waals surface area contributed by atoms with E-state index in [0.717, 1.165) is 24.8 Å². The number of hydrogen-bond acceptors (Lipinski definition) is 5. The van der Waals surface area contributed by atoms with Crippen molar-refractivity contribution in [2.24, 2.45) is 5.92 Å². The Kier molecular flexibility index (Phi) is 7.57. The predicted octanol–water partition coefficient (Wildman–Crippen LogP) is 3.10. The molecule has 0 spiro atoms. The third-order valence-electron chi connectivity index (χ3n) is 6.25. The summed E-state index contributed by atoms with van der Waals surface area (Å²) in [5.74, 6) is -0.502. The Morgan fingerprint density at radius 1 is 1.09 bits per heavy atom. The van der Waals surface area contributed by atoms with Gasteiger partial charge in [-0.2, -0.15) is 5.10 Å². The van der Waals surface area contributed by atoms with Crippen LogP contribution in [0.1, 0.15) is 42.2 Å². The van der Waals surface area contributed by atoms with Crippen molar-refractivity contribution in [2.45, 2.75) is 38.7 Å². The second kappa shape index (κ2) is 11.0. The van der Waals surface area contributed by atoms with Crippen LogP contribution in [-0.4, -0.2) is 58.6 Å². The van der Waals surface area contributed by atoms with Crippen LogP contribution in [0.15, 0.2) is 54.6 Å². The minimum Gasteiger partial charge on any atom is -0.452 e. The molecule has 1 atom stereocenters. The van der Waals surface area contributed by atoms with Crippen LogP contribution in [-0.2, 0) is 20.7 Å². The number of H-pyrrole nitrogens is 1. The standard InChI is InChI=1S/C26H30N4O4/c1-18(26(33)30-15-12-20(13-16-30)17-19-7-3-2-4-8-19)34-23(31)11-14-27-25(32)24-21-9-5-6-10-22(21)28-29-24/h2-10,18,20H,11-17H2,1H3,(H,27,32)(H,28,29). The number of nitrogens with one attached hydrogen (secondary N) is 2. The molecule has 1 aliphatic rings. The summed E-state index contributed by atoms with van der Waals surface area (Å²) in [7, 11) is 0. The molecule has 8 heteroatoms. The zero-order valence-corrected chi connectivity index (χ0v) is 19.3. The van der Waals surface area contributed by atoms with E-state index >= 15 is 0 Å². The molecule has 0 saturated carbocycles. The molecule has 1 unspecified atom stereocenters. The number of ether oxygens (including phenoxy) is 1. The fraction of sp³-hybridized carbons (Fsp3) is 0.385. The first-order chi connectivity index (χ1) is 16.5. The molecule has 2 heterocycles. The van der Waals surface area contributed by atoms with Gasteiger partial charge in [0.15, 0.2) is 11.8 Å². The minimum atomic E-state index is -0.843. The molecule has 0 radical (unpaired) electrons. The Labute approximate surface area is 198 Å². The summed E-state index contributed by atoms with van der Waals surface area (Å²) < 4.78 is 5.33. The maximum atomic E-state index is 12.7. The summed E-state index contributed by atoms with van der Waals surface area (Å²) in [5.41, 5.74) is 2.37. The number of hydrogen-bond donors (Lipinski definition) is 2. The molecular weight excluding hydrogens is 432 g/mol. The van der Waals surface area contributed by atoms with Gasteiger partial charge in [0.2, 0.25) is 0 Å². The third kappa shape index (κ3) is 5.81. The van der Waals surface area contributed by atoms with Crippen LogP contribution in [0.4, 0.5) is 0 Å². The fourth-order valence-electron chi connectivity index (χ4n) is 4.37. The zero-order valence-electron chi connectivity index (χ0n) is 19.3. The first kappa shape index (κ1) is 23.5. The summed E-state index contributed by atoms with van der Waals surface area (Å²) in [6.45, 7) is 3.05. The van der Waals surface area contributed by atoms with Gasteiger partial charge in [-0.3, -0.25) is 19.5 Å². The molecule has 178 valence electrons. The van der Waals surface area contributed by atoms with Crippen LogP contribution in [0.25, 0.3) is 10.9 Å². The third-order valence-corrected chi connectivity index (χ3v) is 6.25. The van der Waals surface area contributed by atoms with Crippen molar-refractivity contribution in [3.63, 3.8) is 0 Å². The van der Waals surface area contributed by atoms with E-state index in [1.165, 1.54) is 5.56 Å². The number of fused-ring (bicyclic) bond motifs is 1. The minimum absolute atomic E-state index is 0.0230. The lowest BCUT2D eigenvalue weighted by atomic mass is 9.90. The Balaban J connectivity index is 1.17. The molecule has 2 N–H and O–H groups in total. The van der Waals surface area contributed by atoms with Gasteiger partial charge >= 0.3 is 5.97 Å². The van der Waals surface area contributed by atoms with Gasteiger partial charge in [0.1, 0.15) is 0 Å². The normalized spacial score (nSPS) is 15.1. The number of aromatic amines is 1. The van der Waals surface area contributed by atoms with E-state index in [-0.39, 0.29) is 30.5 Å². The molecule has 1 aromatic heterocycles. The van der Waals surface area contributed by atoms with Crippen molar-refractivity contribution in [3.05, 3.63) is 65.9 Å². The molecule has 2 amide bonds. The van der Waals surface area contributed by atoms with E-state index in [0.29, 0.717) is 24.4 Å². The highest BCUT2D eigenvalue weighted by molar-refractivity contribution is 6.04. The first-order valence-corrected chi connectivity index (χ1v) is 11.7. The van der Waals surface area contributed by atoms with Crippen LogP contribution in [0, 0.1) is 5.92 Å². The number of esters is 1. The highest BCUT2D eigenvalue weighted by Gasteiger charge is 2.28. The second-order valence-corrected chi connectivity index (χ2v) is 8.71. The van der Waals surface area contributed by atoms with E-state index in [4.69, 9.17) is 4.74 Å². The Morgan fingerprint density at radius 2 is 1.79 bits per heavy atom. The highest BCUT2D eigenvalue weighted by atomic mass is 16.5. The van der Waals surface area contributed by atoms with Gasteiger partial charge in [-0.15, -0.1) is 0 Å². The predicted molar refractivity (Wildman–Crippen MR) is 128 cm³/mol. The molecule has 3 aromatic rings. The summed E-state index contributed by atoms with van der Waals surface area (Å²) in [4.78, 5) is 39.1. The molecule has 0 bridgehead atoms. The number of nitrogens with zero attached hydrogens (tertiary/aromatic N) is 2. The zero-order chi connectivity index (χ0) is 23.9. The topological polar surface area (TPSA) is 104 Å². The lowest BCUT2D eigenvalue weighted by molar-refractivity contribution is -0.159. The van der Waals surface area contributed by atoms with Crippen LogP contribution in [0.3, 0.4) is 0 Å². The number of likely N-dealkylation sites (tertiary alicyclic amines) is 1. The molecule has 0 aliphatic carbocycles. The van der Waals surface area contributed by atoms with E-state index in [2.05, 4.69) is 39.8 Å². The number of benzene rings is 2. The van der Waals surface area contributed by atoms with Crippen LogP contribution in [0.2, 0.25) is 0 Å². The number of amides is 2. The van der Waals surface area contributed by atoms with Crippen molar-refractivity contribution in [2.75, 3.05) is 19.6 Å². The second-order valence-electron chi connectivity index (χ2n) is 8.71. The van der Waals surface area contributed by atoms with Crippen molar-refractivity contribution < 1.29 is 19.1 Å². The van der Waals surface area contributed by atoms with Gasteiger partial charge in [-0.25, -0.2) is 0 Å². The molecule has 1 saturated heterocycles. The quantitative estimate of drug-likeness (QED) is 0.501. The average molecular weight is 463 g/mol. The van der Waals surface area contributed by atoms with Gasteiger partial charge in [0.25, 0.3) is 11.8 Å². The Hall–Kier alpha value is -3.68. The van der Waals surface area contributed by atoms with Crippen LogP contribution in [0.5, 0.6) is 0 Å². The van der Waals surface area contributed by atoms with Crippen LogP contribution >= 0.6 is 0 Å². The molecular formula is C26H30N4O4. The van der Waals surface area contributed by atoms with Gasteiger partial charge < -0.3 is 15.0 Å². The first-order valence-electron chi connectivity index (χ1n) is 11.7. The maximum absolute atomic E-state index is 12.7. The number of piperidine rings is 1. The summed E-state index contributed by atoms with van der Waals surface area (Å²) in [6.07, 6.45) is 2.03. The van der Waals surface area contributed by atoms with Crippen molar-refractivity contribution >= 4 is 28.7 Å². The molecule has 4 rings (SSSR count). The number of para-hydroxylation sites is 1. The molecule has 1 aliphatic heterocycles. The SMILES string of the molecule is CC(OC(=O)CCNC(=O)c1n[nH]c2ccccc12)C(=O)N1CCC(Cc2ccccc2)CC1. The van der Waals surface area contributed by atoms with Crippen molar-refractivity contribution in [3.8, 4) is 0 Å². The van der Waals surface area contributed by atoms with Gasteiger partial charge in [-0.1, -0.05) is 48.5 Å². The van der Waals surface area contributed by atoms with Crippen molar-refractivity contribution in [1.29, 1.82) is 0 Å². The fourth-order valence-corrected chi connectivity index (χ4v) is 4.37. The number of carbonyl (C=O) groups excluding carboxylic acids is 3. The van der Waals surface area contributed by atoms with Gasteiger partial charge in [-0.05, 0) is 43.7 Å². The van der Waals surface area contributed by atoms with E-state index < -0.39 is 12.1 Å². The highest BCUT2D eigenvalue weighted by Crippen LogP contribution is 2.22. The summed E-state index contributed by atoms with van der Waals surface area (Å²) in [6, 6.07) is 17.7.